The lowest BCUT2D eigenvalue weighted by atomic mass is 9.79. The van der Waals surface area contributed by atoms with Gasteiger partial charge in [0.1, 0.15) is 0 Å². The Morgan fingerprint density at radius 2 is 1.23 bits per heavy atom. The monoisotopic (exact) mass is 718 g/mol. The van der Waals surface area contributed by atoms with Crippen LogP contribution in [0.4, 0.5) is 0 Å². The van der Waals surface area contributed by atoms with Crippen LogP contribution in [0.5, 0.6) is 23.0 Å². The number of hydrogen-bond acceptors (Lipinski definition) is 9. The van der Waals surface area contributed by atoms with Crippen LogP contribution in [0.3, 0.4) is 0 Å². The summed E-state index contributed by atoms with van der Waals surface area (Å²) in [6.07, 6.45) is 18.5. The Labute approximate surface area is 310 Å². The number of carbonyl (C=O) groups is 3. The first kappa shape index (κ1) is 41.9. The number of unbranched alkanes of at least 4 members (excludes halogenated alkanes) is 3. The fraction of sp³-hybridized carbons (Fsp3) is 0.512. The Bertz CT molecular complexity index is 1480. The molecule has 1 aliphatic carbocycles. The normalized spacial score (nSPS) is 15.7. The van der Waals surface area contributed by atoms with E-state index in [4.69, 9.17) is 28.4 Å². The van der Waals surface area contributed by atoms with Crippen LogP contribution in [0, 0.1) is 11.8 Å². The van der Waals surface area contributed by atoms with Crippen molar-refractivity contribution in [2.45, 2.75) is 90.9 Å². The lowest BCUT2D eigenvalue weighted by Crippen LogP contribution is -2.14. The molecular formula is C43H58O9. The van der Waals surface area contributed by atoms with Gasteiger partial charge >= 0.3 is 11.9 Å². The number of esters is 2. The summed E-state index contributed by atoms with van der Waals surface area (Å²) >= 11 is 0. The average molecular weight is 719 g/mol. The standard InChI is InChI=1S/C43H58O9/c1-6-33-12-14-34(15-13-33)16-21-37(44)22-17-35-18-23-39(40(30-35)47-4)50-28-11-29-51-42(45)25-20-36-19-24-38(41(31-36)48-5)49-26-9-7-8-10-27-52-43(46)32(2)3/h17-20,22-25,30-31,33-34H,2,6-16,21,26-29H2,1,3-5H3/b22-17+,25-20+. The van der Waals surface area contributed by atoms with Crippen LogP contribution in [0.25, 0.3) is 12.2 Å². The molecule has 0 radical (unpaired) electrons. The van der Waals surface area contributed by atoms with E-state index in [1.54, 1.807) is 39.4 Å². The Hall–Kier alpha value is -4.53. The topological polar surface area (TPSA) is 107 Å². The Balaban J connectivity index is 1.31. The van der Waals surface area contributed by atoms with E-state index in [0.717, 1.165) is 49.1 Å². The number of methoxy groups -OCH3 is 2. The first-order chi connectivity index (χ1) is 25.2. The second-order valence-electron chi connectivity index (χ2n) is 13.3. The van der Waals surface area contributed by atoms with Crippen LogP contribution in [-0.2, 0) is 23.9 Å². The number of allylic oxidation sites excluding steroid dienone is 1. The highest BCUT2D eigenvalue weighted by Gasteiger charge is 2.20. The van der Waals surface area contributed by atoms with Crippen molar-refractivity contribution in [1.82, 2.24) is 0 Å². The van der Waals surface area contributed by atoms with Gasteiger partial charge in [-0.05, 0) is 98.4 Å². The predicted octanol–water partition coefficient (Wildman–Crippen LogP) is 9.37. The number of benzene rings is 2. The number of hydrogen-bond donors (Lipinski definition) is 0. The molecule has 1 aliphatic rings. The van der Waals surface area contributed by atoms with E-state index >= 15 is 0 Å². The lowest BCUT2D eigenvalue weighted by molar-refractivity contribution is -0.139. The van der Waals surface area contributed by atoms with Crippen molar-refractivity contribution < 1.29 is 42.8 Å². The molecule has 1 saturated carbocycles. The molecule has 0 aliphatic heterocycles. The third-order valence-electron chi connectivity index (χ3n) is 9.26. The van der Waals surface area contributed by atoms with E-state index in [9.17, 15) is 14.4 Å². The summed E-state index contributed by atoms with van der Waals surface area (Å²) in [6.45, 7) is 8.94. The fourth-order valence-electron chi connectivity index (χ4n) is 6.02. The zero-order valence-electron chi connectivity index (χ0n) is 31.6. The van der Waals surface area contributed by atoms with Gasteiger partial charge in [0.15, 0.2) is 28.8 Å². The summed E-state index contributed by atoms with van der Waals surface area (Å²) in [5.41, 5.74) is 2.05. The molecule has 9 heteroatoms. The van der Waals surface area contributed by atoms with Gasteiger partial charge in [-0.2, -0.15) is 0 Å². The second-order valence-corrected chi connectivity index (χ2v) is 13.3. The molecule has 52 heavy (non-hydrogen) atoms. The summed E-state index contributed by atoms with van der Waals surface area (Å²) in [5.74, 6) is 3.25. The molecule has 0 aromatic heterocycles. The molecule has 2 aromatic carbocycles. The van der Waals surface area contributed by atoms with E-state index in [1.165, 1.54) is 38.2 Å². The highest BCUT2D eigenvalue weighted by molar-refractivity contribution is 5.93. The molecule has 0 atom stereocenters. The minimum absolute atomic E-state index is 0.154. The van der Waals surface area contributed by atoms with Crippen molar-refractivity contribution in [3.05, 3.63) is 71.8 Å². The average Bonchev–Trinajstić information content (AvgIpc) is 3.16. The zero-order chi connectivity index (χ0) is 37.6. The van der Waals surface area contributed by atoms with Gasteiger partial charge in [0.25, 0.3) is 0 Å². The van der Waals surface area contributed by atoms with Gasteiger partial charge in [0.05, 0.1) is 40.6 Å². The highest BCUT2D eigenvalue weighted by Crippen LogP contribution is 2.33. The number of ketones is 1. The molecule has 0 bridgehead atoms. The second kappa shape index (κ2) is 23.8. The molecule has 0 heterocycles. The molecule has 284 valence electrons. The van der Waals surface area contributed by atoms with Crippen LogP contribution >= 0.6 is 0 Å². The van der Waals surface area contributed by atoms with E-state index in [1.807, 2.05) is 36.4 Å². The molecule has 0 saturated heterocycles. The van der Waals surface area contributed by atoms with Crippen LogP contribution in [0.1, 0.15) is 102 Å². The third-order valence-corrected chi connectivity index (χ3v) is 9.26. The molecule has 1 fully saturated rings. The zero-order valence-corrected chi connectivity index (χ0v) is 31.6. The van der Waals surface area contributed by atoms with E-state index in [0.29, 0.717) is 67.2 Å². The lowest BCUT2D eigenvalue weighted by Gasteiger charge is -2.27. The van der Waals surface area contributed by atoms with Crippen molar-refractivity contribution in [3.8, 4) is 23.0 Å². The van der Waals surface area contributed by atoms with Crippen molar-refractivity contribution in [3.63, 3.8) is 0 Å². The predicted molar refractivity (Wildman–Crippen MR) is 205 cm³/mol. The minimum atomic E-state index is -0.458. The van der Waals surface area contributed by atoms with Gasteiger partial charge in [-0.1, -0.05) is 63.8 Å². The largest absolute Gasteiger partial charge is 0.493 e. The summed E-state index contributed by atoms with van der Waals surface area (Å²) in [4.78, 5) is 36.2. The molecule has 0 amide bonds. The summed E-state index contributed by atoms with van der Waals surface area (Å²) in [5, 5.41) is 0. The maximum Gasteiger partial charge on any atom is 0.333 e. The molecule has 0 N–H and O–H groups in total. The van der Waals surface area contributed by atoms with Gasteiger partial charge in [0.2, 0.25) is 0 Å². The number of carbonyl (C=O) groups excluding carboxylic acids is 3. The maximum atomic E-state index is 12.5. The van der Waals surface area contributed by atoms with Gasteiger partial charge in [-0.15, -0.1) is 0 Å². The van der Waals surface area contributed by atoms with Crippen LogP contribution in [0.15, 0.2) is 60.7 Å². The highest BCUT2D eigenvalue weighted by atomic mass is 16.5. The fourth-order valence-corrected chi connectivity index (χ4v) is 6.02. The van der Waals surface area contributed by atoms with Gasteiger partial charge < -0.3 is 28.4 Å². The molecule has 0 spiro atoms. The van der Waals surface area contributed by atoms with E-state index in [-0.39, 0.29) is 18.4 Å². The summed E-state index contributed by atoms with van der Waals surface area (Å²) < 4.78 is 33.2. The molecule has 9 nitrogen and oxygen atoms in total. The SMILES string of the molecule is C=C(C)C(=O)OCCCCCCOc1ccc(/C=C/C(=O)OCCCOc2ccc(/C=C/C(=O)CCC3CCC(CC)CC3)cc2OC)cc1OC. The first-order valence-corrected chi connectivity index (χ1v) is 18.7. The van der Waals surface area contributed by atoms with Crippen molar-refractivity contribution in [2.24, 2.45) is 11.8 Å². The van der Waals surface area contributed by atoms with Crippen LogP contribution in [0.2, 0.25) is 0 Å². The quantitative estimate of drug-likeness (QED) is 0.0596. The van der Waals surface area contributed by atoms with Crippen molar-refractivity contribution in [2.75, 3.05) is 40.6 Å². The minimum Gasteiger partial charge on any atom is -0.493 e. The molecule has 0 unspecified atom stereocenters. The van der Waals surface area contributed by atoms with E-state index in [2.05, 4.69) is 13.5 Å². The number of ether oxygens (including phenoxy) is 6. The first-order valence-electron chi connectivity index (χ1n) is 18.7. The number of rotatable bonds is 24. The third kappa shape index (κ3) is 15.8. The van der Waals surface area contributed by atoms with Crippen molar-refractivity contribution in [1.29, 1.82) is 0 Å². The smallest absolute Gasteiger partial charge is 0.333 e. The van der Waals surface area contributed by atoms with E-state index < -0.39 is 5.97 Å². The van der Waals surface area contributed by atoms with Crippen LogP contribution < -0.4 is 18.9 Å². The Morgan fingerprint density at radius 3 is 1.81 bits per heavy atom. The molecule has 2 aromatic rings. The maximum absolute atomic E-state index is 12.5. The Morgan fingerprint density at radius 1 is 0.692 bits per heavy atom. The van der Waals surface area contributed by atoms with Gasteiger partial charge in [-0.3, -0.25) is 4.79 Å². The van der Waals surface area contributed by atoms with Crippen molar-refractivity contribution >= 4 is 29.9 Å². The molecule has 3 rings (SSSR count). The van der Waals surface area contributed by atoms with Gasteiger partial charge in [-0.25, -0.2) is 9.59 Å². The summed E-state index contributed by atoms with van der Waals surface area (Å²) in [6, 6.07) is 11.0. The summed E-state index contributed by atoms with van der Waals surface area (Å²) in [7, 11) is 3.15. The van der Waals surface area contributed by atoms with Crippen LogP contribution in [-0.4, -0.2) is 58.4 Å². The Kier molecular flexibility index (Phi) is 19.2. The molecular weight excluding hydrogens is 660 g/mol. The van der Waals surface area contributed by atoms with Gasteiger partial charge in [0, 0.05) is 24.5 Å².